The quantitative estimate of drug-likeness (QED) is 0.491. The molecule has 27 heavy (non-hydrogen) atoms. The summed E-state index contributed by atoms with van der Waals surface area (Å²) in [5.41, 5.74) is 1.82. The second-order valence-electron chi connectivity index (χ2n) is 5.94. The molecule has 1 amide bonds. The zero-order valence-electron chi connectivity index (χ0n) is 14.6. The summed E-state index contributed by atoms with van der Waals surface area (Å²) in [5.74, 6) is -0.0529. The predicted octanol–water partition coefficient (Wildman–Crippen LogP) is 5.50. The number of halogens is 1. The summed E-state index contributed by atoms with van der Waals surface area (Å²) >= 11 is 9.12. The van der Waals surface area contributed by atoms with Gasteiger partial charge in [-0.1, -0.05) is 47.6 Å². The van der Waals surface area contributed by atoms with Crippen molar-refractivity contribution < 1.29 is 4.79 Å². The van der Waals surface area contributed by atoms with Crippen LogP contribution in [0.3, 0.4) is 0 Å². The van der Waals surface area contributed by atoms with Crippen LogP contribution in [0.1, 0.15) is 0 Å². The molecule has 0 spiro atoms. The van der Waals surface area contributed by atoms with Crippen LogP contribution in [0.5, 0.6) is 0 Å². The fraction of sp³-hybridized carbons (Fsp3) is 0.100. The van der Waals surface area contributed by atoms with Crippen molar-refractivity contribution in [3.05, 3.63) is 76.1 Å². The molecule has 1 saturated heterocycles. The Bertz CT molecular complexity index is 988. The van der Waals surface area contributed by atoms with Crippen LogP contribution in [0.15, 0.2) is 81.0 Å². The molecule has 1 fully saturated rings. The van der Waals surface area contributed by atoms with Crippen LogP contribution in [-0.4, -0.2) is 29.6 Å². The molecule has 0 unspecified atom stereocenters. The lowest BCUT2D eigenvalue weighted by Crippen LogP contribution is -2.29. The molecule has 2 aromatic carbocycles. The third-order valence-electron chi connectivity index (χ3n) is 4.14. The Morgan fingerprint density at radius 2 is 1.96 bits per heavy atom. The molecule has 0 aliphatic carbocycles. The van der Waals surface area contributed by atoms with Crippen molar-refractivity contribution in [2.45, 2.75) is 4.90 Å². The second kappa shape index (κ2) is 7.46. The Balaban J connectivity index is 1.74. The highest BCUT2D eigenvalue weighted by Gasteiger charge is 2.38. The summed E-state index contributed by atoms with van der Waals surface area (Å²) in [6.07, 6.45) is 1.71. The molecule has 136 valence electrons. The van der Waals surface area contributed by atoms with E-state index in [0.717, 1.165) is 21.3 Å². The third-order valence-corrected chi connectivity index (χ3v) is 6.81. The molecule has 4 rings (SSSR count). The van der Waals surface area contributed by atoms with Gasteiger partial charge in [0.15, 0.2) is 5.17 Å². The SMILES string of the molecule is C=CCN1C(=O)C(=C2Sc3ccc(Cl)cc3N2C)SC1=Nc1ccccc1. The van der Waals surface area contributed by atoms with Crippen LogP contribution < -0.4 is 4.90 Å². The van der Waals surface area contributed by atoms with Gasteiger partial charge in [-0.3, -0.25) is 9.69 Å². The first kappa shape index (κ1) is 18.2. The van der Waals surface area contributed by atoms with Gasteiger partial charge < -0.3 is 4.90 Å². The highest BCUT2D eigenvalue weighted by molar-refractivity contribution is 8.19. The van der Waals surface area contributed by atoms with Crippen LogP contribution in [0.25, 0.3) is 0 Å². The van der Waals surface area contributed by atoms with Crippen molar-refractivity contribution in [3.63, 3.8) is 0 Å². The fourth-order valence-corrected chi connectivity index (χ4v) is 5.34. The Labute approximate surface area is 171 Å². The Kier molecular flexibility index (Phi) is 5.04. The zero-order valence-corrected chi connectivity index (χ0v) is 16.9. The number of anilines is 1. The van der Waals surface area contributed by atoms with E-state index in [2.05, 4.69) is 11.6 Å². The largest absolute Gasteiger partial charge is 0.337 e. The molecule has 0 saturated carbocycles. The van der Waals surface area contributed by atoms with Gasteiger partial charge in [0, 0.05) is 23.5 Å². The number of benzene rings is 2. The van der Waals surface area contributed by atoms with Crippen molar-refractivity contribution in [3.8, 4) is 0 Å². The van der Waals surface area contributed by atoms with Gasteiger partial charge in [-0.2, -0.15) is 0 Å². The van der Waals surface area contributed by atoms with Gasteiger partial charge in [0.05, 0.1) is 16.4 Å². The Morgan fingerprint density at radius 1 is 1.19 bits per heavy atom. The Morgan fingerprint density at radius 3 is 2.70 bits per heavy atom. The minimum Gasteiger partial charge on any atom is -0.337 e. The third kappa shape index (κ3) is 3.40. The van der Waals surface area contributed by atoms with Gasteiger partial charge in [0.1, 0.15) is 4.91 Å². The molecule has 7 heteroatoms. The van der Waals surface area contributed by atoms with E-state index >= 15 is 0 Å². The van der Waals surface area contributed by atoms with Crippen molar-refractivity contribution in [1.82, 2.24) is 4.90 Å². The van der Waals surface area contributed by atoms with E-state index in [1.807, 2.05) is 60.5 Å². The van der Waals surface area contributed by atoms with E-state index in [9.17, 15) is 4.79 Å². The molecule has 0 bridgehead atoms. The summed E-state index contributed by atoms with van der Waals surface area (Å²) in [6, 6.07) is 15.4. The minimum absolute atomic E-state index is 0.0529. The molecule has 0 N–H and O–H groups in total. The molecular formula is C20H16ClN3OS2. The lowest BCUT2D eigenvalue weighted by molar-refractivity contribution is -0.121. The van der Waals surface area contributed by atoms with Crippen LogP contribution in [0.2, 0.25) is 5.02 Å². The first-order valence-corrected chi connectivity index (χ1v) is 10.3. The monoisotopic (exact) mass is 413 g/mol. The number of thioether (sulfide) groups is 2. The number of amides is 1. The van der Waals surface area contributed by atoms with E-state index in [-0.39, 0.29) is 5.91 Å². The fourth-order valence-electron chi connectivity index (χ4n) is 2.84. The summed E-state index contributed by atoms with van der Waals surface area (Å²) in [7, 11) is 1.95. The van der Waals surface area contributed by atoms with Crippen LogP contribution in [0, 0.1) is 0 Å². The first-order chi connectivity index (χ1) is 13.1. The van der Waals surface area contributed by atoms with E-state index in [0.29, 0.717) is 21.6 Å². The molecule has 0 atom stereocenters. The number of rotatable bonds is 3. The number of carbonyl (C=O) groups is 1. The van der Waals surface area contributed by atoms with Gasteiger partial charge in [0.2, 0.25) is 0 Å². The molecule has 2 aliphatic rings. The molecule has 2 aromatic rings. The zero-order chi connectivity index (χ0) is 19.0. The van der Waals surface area contributed by atoms with Gasteiger partial charge in [-0.05, 0) is 42.1 Å². The van der Waals surface area contributed by atoms with Crippen molar-refractivity contribution in [1.29, 1.82) is 0 Å². The van der Waals surface area contributed by atoms with Gasteiger partial charge in [-0.15, -0.1) is 6.58 Å². The highest BCUT2D eigenvalue weighted by Crippen LogP contribution is 2.50. The number of aliphatic imine (C=N–C) groups is 1. The summed E-state index contributed by atoms with van der Waals surface area (Å²) < 4.78 is 0. The number of nitrogens with zero attached hydrogens (tertiary/aromatic N) is 3. The average molecular weight is 414 g/mol. The van der Waals surface area contributed by atoms with Gasteiger partial charge in [-0.25, -0.2) is 4.99 Å². The summed E-state index contributed by atoms with van der Waals surface area (Å²) in [5, 5.41) is 2.24. The highest BCUT2D eigenvalue weighted by atomic mass is 35.5. The lowest BCUT2D eigenvalue weighted by atomic mass is 10.3. The van der Waals surface area contributed by atoms with E-state index < -0.39 is 0 Å². The lowest BCUT2D eigenvalue weighted by Gasteiger charge is -2.15. The standard InChI is InChI=1S/C20H16ClN3OS2/c1-3-11-24-18(25)17(27-20(24)22-14-7-5-4-6-8-14)19-23(2)15-12-13(21)9-10-16(15)26-19/h3-10,12H,1,11H2,2H3. The maximum atomic E-state index is 13.1. The normalized spacial score (nSPS) is 20.5. The smallest absolute Gasteiger partial charge is 0.269 e. The summed E-state index contributed by atoms with van der Waals surface area (Å²) in [6.45, 7) is 4.19. The van der Waals surface area contributed by atoms with Crippen molar-refractivity contribution in [2.75, 3.05) is 18.5 Å². The van der Waals surface area contributed by atoms with E-state index in [1.165, 1.54) is 11.8 Å². The number of carbonyl (C=O) groups excluding carboxylic acids is 1. The minimum atomic E-state index is -0.0529. The molecule has 0 aromatic heterocycles. The number of hydrogen-bond acceptors (Lipinski definition) is 5. The van der Waals surface area contributed by atoms with E-state index in [4.69, 9.17) is 11.6 Å². The van der Waals surface area contributed by atoms with Gasteiger partial charge in [0.25, 0.3) is 5.91 Å². The van der Waals surface area contributed by atoms with Crippen molar-refractivity contribution in [2.24, 2.45) is 4.99 Å². The van der Waals surface area contributed by atoms with Crippen LogP contribution >= 0.6 is 35.1 Å². The van der Waals surface area contributed by atoms with E-state index in [1.54, 1.807) is 22.7 Å². The summed E-state index contributed by atoms with van der Waals surface area (Å²) in [4.78, 5) is 23.2. The first-order valence-electron chi connectivity index (χ1n) is 8.28. The average Bonchev–Trinajstić information content (AvgIpc) is 3.14. The van der Waals surface area contributed by atoms with Crippen molar-refractivity contribution >= 4 is 57.6 Å². The number of para-hydroxylation sites is 1. The maximum absolute atomic E-state index is 13.1. The van der Waals surface area contributed by atoms with Gasteiger partial charge >= 0.3 is 0 Å². The van der Waals surface area contributed by atoms with Crippen LogP contribution in [0.4, 0.5) is 11.4 Å². The number of amidine groups is 1. The molecule has 4 nitrogen and oxygen atoms in total. The molecule has 0 radical (unpaired) electrons. The predicted molar refractivity (Wildman–Crippen MR) is 116 cm³/mol. The second-order valence-corrected chi connectivity index (χ2v) is 8.39. The maximum Gasteiger partial charge on any atom is 0.269 e. The molecular weight excluding hydrogens is 398 g/mol. The number of fused-ring (bicyclic) bond motifs is 1. The van der Waals surface area contributed by atoms with Crippen LogP contribution in [-0.2, 0) is 4.79 Å². The number of hydrogen-bond donors (Lipinski definition) is 0. The topological polar surface area (TPSA) is 35.9 Å². The Hall–Kier alpha value is -2.15. The molecule has 2 aliphatic heterocycles. The molecule has 2 heterocycles.